The second-order valence-corrected chi connectivity index (χ2v) is 5.93. The SMILES string of the molecule is O=c1ccn(C2O[C@@](CO)(c3cccs3)[C@@H](O)[C@H]2O)c(=O)[nH]1. The van der Waals surface area contributed by atoms with Crippen molar-refractivity contribution in [3.05, 3.63) is 55.5 Å². The Morgan fingerprint density at radius 1 is 1.36 bits per heavy atom. The van der Waals surface area contributed by atoms with Crippen molar-refractivity contribution in [2.75, 3.05) is 6.61 Å². The number of nitrogens with zero attached hydrogens (tertiary/aromatic N) is 1. The standard InChI is InChI=1S/C13H14N2O6S/c16-6-13(7-2-1-5-22-7)10(19)9(18)11(21-13)15-4-3-8(17)14-12(15)20/h1-5,9-11,16,18-19H,6H2,(H,14,17,20)/t9-,10+,11?,13+/m1/s1. The molecule has 2 aromatic rings. The summed E-state index contributed by atoms with van der Waals surface area (Å²) in [5.74, 6) is 0. The number of ether oxygens (including phenoxy) is 1. The molecule has 4 atom stereocenters. The fourth-order valence-corrected chi connectivity index (χ4v) is 3.46. The number of thiophene rings is 1. The van der Waals surface area contributed by atoms with Gasteiger partial charge in [0, 0.05) is 17.1 Å². The monoisotopic (exact) mass is 326 g/mol. The lowest BCUT2D eigenvalue weighted by Crippen LogP contribution is -2.43. The molecule has 0 aliphatic carbocycles. The van der Waals surface area contributed by atoms with E-state index in [9.17, 15) is 24.9 Å². The van der Waals surface area contributed by atoms with E-state index in [0.29, 0.717) is 4.88 Å². The molecule has 0 spiro atoms. The zero-order chi connectivity index (χ0) is 15.9. The average molecular weight is 326 g/mol. The van der Waals surface area contributed by atoms with Crippen LogP contribution in [0.1, 0.15) is 11.1 Å². The lowest BCUT2D eigenvalue weighted by atomic mass is 9.94. The highest BCUT2D eigenvalue weighted by atomic mass is 32.1. The quantitative estimate of drug-likeness (QED) is 0.558. The van der Waals surface area contributed by atoms with E-state index in [1.54, 1.807) is 17.5 Å². The third-order valence-corrected chi connectivity index (χ3v) is 4.75. The topological polar surface area (TPSA) is 125 Å². The van der Waals surface area contributed by atoms with Crippen LogP contribution < -0.4 is 11.2 Å². The minimum Gasteiger partial charge on any atom is -0.393 e. The first-order valence-electron chi connectivity index (χ1n) is 6.50. The summed E-state index contributed by atoms with van der Waals surface area (Å²) in [4.78, 5) is 25.5. The average Bonchev–Trinajstić information content (AvgIpc) is 3.10. The molecular formula is C13H14N2O6S. The third kappa shape index (κ3) is 2.14. The predicted molar refractivity (Wildman–Crippen MR) is 76.5 cm³/mol. The highest BCUT2D eigenvalue weighted by molar-refractivity contribution is 7.10. The molecule has 0 bridgehead atoms. The summed E-state index contributed by atoms with van der Waals surface area (Å²) in [5.41, 5.74) is -2.88. The van der Waals surface area contributed by atoms with E-state index in [1.807, 2.05) is 0 Å². The van der Waals surface area contributed by atoms with Gasteiger partial charge in [-0.3, -0.25) is 14.3 Å². The minimum atomic E-state index is -1.52. The lowest BCUT2D eigenvalue weighted by Gasteiger charge is -2.28. The summed E-state index contributed by atoms with van der Waals surface area (Å²) in [6, 6.07) is 4.49. The van der Waals surface area contributed by atoms with Gasteiger partial charge in [-0.2, -0.15) is 0 Å². The minimum absolute atomic E-state index is 0.529. The summed E-state index contributed by atoms with van der Waals surface area (Å²) in [6.45, 7) is -0.569. The van der Waals surface area contributed by atoms with Crippen LogP contribution in [0.4, 0.5) is 0 Å². The number of aliphatic hydroxyl groups is 3. The van der Waals surface area contributed by atoms with Crippen LogP contribution >= 0.6 is 11.3 Å². The van der Waals surface area contributed by atoms with Gasteiger partial charge in [0.15, 0.2) is 11.8 Å². The molecule has 3 heterocycles. The Morgan fingerprint density at radius 2 is 2.14 bits per heavy atom. The van der Waals surface area contributed by atoms with Crippen LogP contribution in [-0.4, -0.2) is 43.7 Å². The lowest BCUT2D eigenvalue weighted by molar-refractivity contribution is -0.133. The maximum atomic E-state index is 11.8. The molecule has 8 nitrogen and oxygen atoms in total. The van der Waals surface area contributed by atoms with Crippen molar-refractivity contribution >= 4 is 11.3 Å². The Labute approximate surface area is 127 Å². The number of H-pyrrole nitrogens is 1. The number of nitrogens with one attached hydrogen (secondary N) is 1. The molecule has 1 aliphatic rings. The highest BCUT2D eigenvalue weighted by Crippen LogP contribution is 2.44. The number of hydrogen-bond donors (Lipinski definition) is 4. The van der Waals surface area contributed by atoms with E-state index in [4.69, 9.17) is 4.74 Å². The largest absolute Gasteiger partial charge is 0.393 e. The van der Waals surface area contributed by atoms with Crippen molar-refractivity contribution in [2.24, 2.45) is 0 Å². The Kier molecular flexibility index (Phi) is 3.75. The van der Waals surface area contributed by atoms with Gasteiger partial charge in [-0.05, 0) is 11.4 Å². The van der Waals surface area contributed by atoms with Gasteiger partial charge in [0.2, 0.25) is 0 Å². The molecule has 22 heavy (non-hydrogen) atoms. The molecule has 0 amide bonds. The maximum absolute atomic E-state index is 11.8. The molecule has 9 heteroatoms. The van der Waals surface area contributed by atoms with Crippen LogP contribution in [-0.2, 0) is 10.3 Å². The van der Waals surface area contributed by atoms with Crippen LogP contribution in [0, 0.1) is 0 Å². The van der Waals surface area contributed by atoms with Gasteiger partial charge in [0.25, 0.3) is 5.56 Å². The van der Waals surface area contributed by atoms with Crippen LogP contribution in [0.3, 0.4) is 0 Å². The summed E-state index contributed by atoms with van der Waals surface area (Å²) in [7, 11) is 0. The molecule has 118 valence electrons. The second kappa shape index (κ2) is 5.45. The number of rotatable bonds is 3. The van der Waals surface area contributed by atoms with E-state index >= 15 is 0 Å². The van der Waals surface area contributed by atoms with Gasteiger partial charge in [-0.25, -0.2) is 4.79 Å². The van der Waals surface area contributed by atoms with Gasteiger partial charge < -0.3 is 20.1 Å². The van der Waals surface area contributed by atoms with Gasteiger partial charge in [-0.1, -0.05) is 6.07 Å². The molecule has 3 rings (SSSR count). The zero-order valence-corrected chi connectivity index (χ0v) is 12.1. The molecule has 4 N–H and O–H groups in total. The van der Waals surface area contributed by atoms with Crippen molar-refractivity contribution in [3.8, 4) is 0 Å². The molecule has 1 unspecified atom stereocenters. The van der Waals surface area contributed by atoms with Crippen LogP contribution in [0.5, 0.6) is 0 Å². The molecular weight excluding hydrogens is 312 g/mol. The first-order valence-corrected chi connectivity index (χ1v) is 7.38. The Balaban J connectivity index is 2.06. The Bertz CT molecular complexity index is 769. The van der Waals surface area contributed by atoms with Gasteiger partial charge in [0.1, 0.15) is 12.2 Å². The van der Waals surface area contributed by atoms with Crippen molar-refractivity contribution in [3.63, 3.8) is 0 Å². The van der Waals surface area contributed by atoms with E-state index in [-0.39, 0.29) is 0 Å². The second-order valence-electron chi connectivity index (χ2n) is 4.99. The molecule has 1 aliphatic heterocycles. The normalized spacial score (nSPS) is 31.5. The van der Waals surface area contributed by atoms with Crippen molar-refractivity contribution in [2.45, 2.75) is 24.0 Å². The van der Waals surface area contributed by atoms with Crippen LogP contribution in [0.2, 0.25) is 0 Å². The summed E-state index contributed by atoms with van der Waals surface area (Å²) < 4.78 is 6.65. The fraction of sp³-hybridized carbons (Fsp3) is 0.385. The number of aliphatic hydroxyl groups excluding tert-OH is 3. The Hall–Kier alpha value is -1.78. The van der Waals surface area contributed by atoms with Crippen molar-refractivity contribution in [1.82, 2.24) is 9.55 Å². The van der Waals surface area contributed by atoms with Crippen molar-refractivity contribution in [1.29, 1.82) is 0 Å². The first-order chi connectivity index (χ1) is 10.5. The van der Waals surface area contributed by atoms with Gasteiger partial charge in [-0.15, -0.1) is 11.3 Å². The van der Waals surface area contributed by atoms with E-state index < -0.39 is 41.9 Å². The molecule has 1 saturated heterocycles. The highest BCUT2D eigenvalue weighted by Gasteiger charge is 2.56. The zero-order valence-electron chi connectivity index (χ0n) is 11.2. The summed E-state index contributed by atoms with van der Waals surface area (Å²) in [6.07, 6.45) is -2.93. The Morgan fingerprint density at radius 3 is 2.73 bits per heavy atom. The first kappa shape index (κ1) is 15.1. The fourth-order valence-electron chi connectivity index (χ4n) is 2.57. The van der Waals surface area contributed by atoms with Crippen LogP contribution in [0.25, 0.3) is 0 Å². The van der Waals surface area contributed by atoms with Gasteiger partial charge >= 0.3 is 5.69 Å². The smallest absolute Gasteiger partial charge is 0.330 e. The molecule has 0 saturated carbocycles. The van der Waals surface area contributed by atoms with E-state index in [1.165, 1.54) is 17.5 Å². The van der Waals surface area contributed by atoms with Gasteiger partial charge in [0.05, 0.1) is 6.61 Å². The van der Waals surface area contributed by atoms with Crippen molar-refractivity contribution < 1.29 is 20.1 Å². The molecule has 1 fully saturated rings. The molecule has 0 aromatic carbocycles. The summed E-state index contributed by atoms with van der Waals surface area (Å²) >= 11 is 1.25. The van der Waals surface area contributed by atoms with E-state index in [0.717, 1.165) is 10.6 Å². The van der Waals surface area contributed by atoms with Crippen LogP contribution in [0.15, 0.2) is 39.4 Å². The molecule has 0 radical (unpaired) electrons. The number of aromatic nitrogens is 2. The summed E-state index contributed by atoms with van der Waals surface area (Å²) in [5, 5.41) is 32.0. The number of hydrogen-bond acceptors (Lipinski definition) is 7. The predicted octanol–water partition coefficient (Wildman–Crippen LogP) is -1.26. The maximum Gasteiger partial charge on any atom is 0.330 e. The molecule has 2 aromatic heterocycles. The number of aromatic amines is 1. The third-order valence-electron chi connectivity index (χ3n) is 3.72. The van der Waals surface area contributed by atoms with E-state index in [2.05, 4.69) is 4.98 Å².